The lowest BCUT2D eigenvalue weighted by molar-refractivity contribution is -0.118. The summed E-state index contributed by atoms with van der Waals surface area (Å²) in [5.41, 5.74) is -1.89. The maximum Gasteiger partial charge on any atom is 0.433 e. The largest absolute Gasteiger partial charge is 0.433 e. The molecule has 0 saturated heterocycles. The molecular weight excluding hydrogens is 219 g/mol. The van der Waals surface area contributed by atoms with E-state index in [1.54, 1.807) is 0 Å². The Morgan fingerprint density at radius 1 is 1.31 bits per heavy atom. The summed E-state index contributed by atoms with van der Waals surface area (Å²) in [5.74, 6) is -0.573. The van der Waals surface area contributed by atoms with Gasteiger partial charge in [-0.05, 0) is 18.8 Å². The normalized spacial score (nSPS) is 21.2. The Morgan fingerprint density at radius 3 is 2.19 bits per heavy atom. The standard InChI is InChI=1S/C11H14F3NO/c1-6-4-10(2,3)5-7(16)8(6)9(15)11(12,13)14/h15H,4-5H2,1-3H3. The molecule has 0 fully saturated rings. The van der Waals surface area contributed by atoms with Crippen LogP contribution < -0.4 is 0 Å². The molecule has 0 saturated carbocycles. The zero-order valence-corrected chi connectivity index (χ0v) is 9.46. The molecule has 1 aliphatic carbocycles. The minimum Gasteiger partial charge on any atom is -0.296 e. The molecule has 90 valence electrons. The SMILES string of the molecule is CC1=C(C(=N)C(F)(F)F)C(=O)CC(C)(C)C1. The molecule has 0 aliphatic heterocycles. The minimum absolute atomic E-state index is 0.0676. The van der Waals surface area contributed by atoms with Crippen LogP contribution in [0, 0.1) is 10.8 Å². The molecule has 0 amide bonds. The van der Waals surface area contributed by atoms with Crippen LogP contribution >= 0.6 is 0 Å². The summed E-state index contributed by atoms with van der Waals surface area (Å²) in [7, 11) is 0. The van der Waals surface area contributed by atoms with Crippen molar-refractivity contribution < 1.29 is 18.0 Å². The first kappa shape index (κ1) is 12.9. The predicted octanol–water partition coefficient (Wildman–Crippen LogP) is 3.27. The molecule has 0 heterocycles. The number of alkyl halides is 3. The van der Waals surface area contributed by atoms with Gasteiger partial charge in [-0.3, -0.25) is 10.2 Å². The lowest BCUT2D eigenvalue weighted by Gasteiger charge is -2.31. The van der Waals surface area contributed by atoms with Gasteiger partial charge in [0.1, 0.15) is 5.71 Å². The second kappa shape index (κ2) is 3.71. The summed E-state index contributed by atoms with van der Waals surface area (Å²) in [4.78, 5) is 11.6. The van der Waals surface area contributed by atoms with Crippen molar-refractivity contribution in [3.8, 4) is 0 Å². The van der Waals surface area contributed by atoms with Gasteiger partial charge in [0.2, 0.25) is 0 Å². The highest BCUT2D eigenvalue weighted by Crippen LogP contribution is 2.38. The molecule has 0 aromatic carbocycles. The summed E-state index contributed by atoms with van der Waals surface area (Å²) in [5, 5.41) is 7.02. The lowest BCUT2D eigenvalue weighted by Crippen LogP contribution is -2.34. The average Bonchev–Trinajstić information content (AvgIpc) is 1.97. The van der Waals surface area contributed by atoms with Crippen molar-refractivity contribution in [3.63, 3.8) is 0 Å². The van der Waals surface area contributed by atoms with Crippen LogP contribution in [0.25, 0.3) is 0 Å². The van der Waals surface area contributed by atoms with Crippen molar-refractivity contribution in [1.29, 1.82) is 5.41 Å². The lowest BCUT2D eigenvalue weighted by atomic mass is 9.73. The number of halogens is 3. The molecule has 0 atom stereocenters. The van der Waals surface area contributed by atoms with E-state index in [2.05, 4.69) is 0 Å². The third-order valence-corrected chi connectivity index (χ3v) is 2.62. The van der Waals surface area contributed by atoms with Crippen molar-refractivity contribution in [3.05, 3.63) is 11.1 Å². The van der Waals surface area contributed by atoms with Gasteiger partial charge in [-0.2, -0.15) is 13.2 Å². The number of hydrogen-bond acceptors (Lipinski definition) is 2. The number of allylic oxidation sites excluding steroid dienone is 2. The van der Waals surface area contributed by atoms with E-state index >= 15 is 0 Å². The number of hydrogen-bond donors (Lipinski definition) is 1. The first-order valence-electron chi connectivity index (χ1n) is 4.94. The van der Waals surface area contributed by atoms with Gasteiger partial charge in [-0.15, -0.1) is 0 Å². The van der Waals surface area contributed by atoms with E-state index in [1.807, 2.05) is 13.8 Å². The molecule has 0 aromatic rings. The summed E-state index contributed by atoms with van der Waals surface area (Å²) >= 11 is 0. The second-order valence-corrected chi connectivity index (χ2v) is 4.97. The predicted molar refractivity (Wildman–Crippen MR) is 54.5 cm³/mol. The highest BCUT2D eigenvalue weighted by molar-refractivity contribution is 6.24. The molecule has 0 radical (unpaired) electrons. The second-order valence-electron chi connectivity index (χ2n) is 4.97. The van der Waals surface area contributed by atoms with Crippen molar-refractivity contribution in [2.75, 3.05) is 0 Å². The minimum atomic E-state index is -4.74. The Bertz CT molecular complexity index is 377. The van der Waals surface area contributed by atoms with Gasteiger partial charge in [-0.25, -0.2) is 0 Å². The highest BCUT2D eigenvalue weighted by atomic mass is 19.4. The first-order valence-corrected chi connectivity index (χ1v) is 4.94. The Hall–Kier alpha value is -1.13. The maximum atomic E-state index is 12.4. The van der Waals surface area contributed by atoms with Crippen LogP contribution in [0.4, 0.5) is 13.2 Å². The fraction of sp³-hybridized carbons (Fsp3) is 0.636. The van der Waals surface area contributed by atoms with Gasteiger partial charge in [0, 0.05) is 12.0 Å². The van der Waals surface area contributed by atoms with E-state index in [0.717, 1.165) is 0 Å². The Labute approximate surface area is 92.0 Å². The molecule has 0 spiro atoms. The van der Waals surface area contributed by atoms with E-state index in [-0.39, 0.29) is 11.8 Å². The van der Waals surface area contributed by atoms with Gasteiger partial charge in [0.05, 0.1) is 0 Å². The molecule has 2 nitrogen and oxygen atoms in total. The average molecular weight is 233 g/mol. The van der Waals surface area contributed by atoms with E-state index in [4.69, 9.17) is 5.41 Å². The summed E-state index contributed by atoms with van der Waals surface area (Å²) < 4.78 is 37.1. The fourth-order valence-electron chi connectivity index (χ4n) is 2.12. The van der Waals surface area contributed by atoms with Gasteiger partial charge in [0.15, 0.2) is 5.78 Å². The van der Waals surface area contributed by atoms with Gasteiger partial charge < -0.3 is 0 Å². The number of rotatable bonds is 1. The zero-order valence-electron chi connectivity index (χ0n) is 9.46. The number of carbonyl (C=O) groups is 1. The van der Waals surface area contributed by atoms with Crippen LogP contribution in [0.2, 0.25) is 0 Å². The Morgan fingerprint density at radius 2 is 1.81 bits per heavy atom. The quantitative estimate of drug-likeness (QED) is 0.694. The van der Waals surface area contributed by atoms with Gasteiger partial charge >= 0.3 is 6.18 Å². The summed E-state index contributed by atoms with van der Waals surface area (Å²) in [6.07, 6.45) is -4.25. The highest BCUT2D eigenvalue weighted by Gasteiger charge is 2.42. The fourth-order valence-corrected chi connectivity index (χ4v) is 2.12. The van der Waals surface area contributed by atoms with Crippen LogP contribution in [-0.4, -0.2) is 17.7 Å². The monoisotopic (exact) mass is 233 g/mol. The molecule has 1 rings (SSSR count). The van der Waals surface area contributed by atoms with Crippen molar-refractivity contribution in [1.82, 2.24) is 0 Å². The number of ketones is 1. The molecule has 5 heteroatoms. The summed E-state index contributed by atoms with van der Waals surface area (Å²) in [6.45, 7) is 5.17. The third kappa shape index (κ3) is 2.51. The molecule has 16 heavy (non-hydrogen) atoms. The molecule has 0 aromatic heterocycles. The third-order valence-electron chi connectivity index (χ3n) is 2.62. The maximum absolute atomic E-state index is 12.4. The van der Waals surface area contributed by atoms with Crippen molar-refractivity contribution in [2.24, 2.45) is 5.41 Å². The van der Waals surface area contributed by atoms with E-state index < -0.39 is 23.2 Å². The first-order chi connectivity index (χ1) is 7.04. The van der Waals surface area contributed by atoms with Gasteiger partial charge in [-0.1, -0.05) is 19.4 Å². The van der Waals surface area contributed by atoms with E-state index in [1.165, 1.54) is 6.92 Å². The molecule has 0 bridgehead atoms. The smallest absolute Gasteiger partial charge is 0.296 e. The number of carbonyl (C=O) groups excluding carboxylic acids is 1. The van der Waals surface area contributed by atoms with E-state index in [0.29, 0.717) is 12.0 Å². The molecular formula is C11H14F3NO. The van der Waals surface area contributed by atoms with Crippen LogP contribution in [0.15, 0.2) is 11.1 Å². The molecule has 0 unspecified atom stereocenters. The topological polar surface area (TPSA) is 40.9 Å². The van der Waals surface area contributed by atoms with Crippen LogP contribution in [0.3, 0.4) is 0 Å². The van der Waals surface area contributed by atoms with Crippen molar-refractivity contribution >= 4 is 11.5 Å². The Kier molecular flexibility index (Phi) is 3.00. The number of nitrogens with one attached hydrogen (secondary N) is 1. The van der Waals surface area contributed by atoms with Gasteiger partial charge in [0.25, 0.3) is 0 Å². The Balaban J connectivity index is 3.15. The van der Waals surface area contributed by atoms with Crippen molar-refractivity contribution in [2.45, 2.75) is 39.8 Å². The van der Waals surface area contributed by atoms with Crippen LogP contribution in [0.5, 0.6) is 0 Å². The van der Waals surface area contributed by atoms with Crippen LogP contribution in [0.1, 0.15) is 33.6 Å². The molecule has 1 N–H and O–H groups in total. The zero-order chi connectivity index (χ0) is 12.7. The van der Waals surface area contributed by atoms with E-state index in [9.17, 15) is 18.0 Å². The molecule has 1 aliphatic rings. The van der Waals surface area contributed by atoms with Crippen LogP contribution in [-0.2, 0) is 4.79 Å². The number of Topliss-reactive ketones (excluding diaryl/α,β-unsaturated/α-hetero) is 1. The summed E-state index contributed by atoms with van der Waals surface area (Å²) in [6, 6.07) is 0.